The number of methoxy groups -OCH3 is 1. The van der Waals surface area contributed by atoms with Gasteiger partial charge >= 0.3 is 0 Å². The van der Waals surface area contributed by atoms with E-state index in [1.165, 1.54) is 32.1 Å². The Labute approximate surface area is 140 Å². The van der Waals surface area contributed by atoms with Crippen molar-refractivity contribution in [2.45, 2.75) is 44.9 Å². The van der Waals surface area contributed by atoms with E-state index in [9.17, 15) is 0 Å². The molecule has 0 N–H and O–H groups in total. The summed E-state index contributed by atoms with van der Waals surface area (Å²) in [6.07, 6.45) is 6.28. The molecule has 1 aliphatic rings. The lowest BCUT2D eigenvalue weighted by Gasteiger charge is -2.21. The molecule has 0 saturated heterocycles. The molecule has 2 heterocycles. The standard InChI is InChI=1S/C18H20ClN3O/c1-11-16-17(19)21-14-9-8-13(23-2)10-15(14)22(16)18(20-11)12-6-4-3-5-7-12/h8-10,12H,3-7H2,1-2H3. The minimum Gasteiger partial charge on any atom is -0.497 e. The number of ether oxygens (including phenoxy) is 1. The van der Waals surface area contributed by atoms with Crippen LogP contribution in [0.4, 0.5) is 0 Å². The number of imidazole rings is 1. The van der Waals surface area contributed by atoms with E-state index < -0.39 is 0 Å². The Bertz CT molecular complexity index is 881. The maximum atomic E-state index is 6.46. The third kappa shape index (κ3) is 2.36. The van der Waals surface area contributed by atoms with E-state index in [0.29, 0.717) is 11.1 Å². The van der Waals surface area contributed by atoms with Crippen molar-refractivity contribution in [1.29, 1.82) is 0 Å². The first kappa shape index (κ1) is 14.8. The third-order valence-corrected chi connectivity index (χ3v) is 5.15. The van der Waals surface area contributed by atoms with Gasteiger partial charge in [-0.2, -0.15) is 0 Å². The van der Waals surface area contributed by atoms with E-state index in [2.05, 4.69) is 9.38 Å². The fraction of sp³-hybridized carbons (Fsp3) is 0.444. The fourth-order valence-electron chi connectivity index (χ4n) is 3.73. The second kappa shape index (κ2) is 5.68. The van der Waals surface area contributed by atoms with Gasteiger partial charge in [-0.05, 0) is 31.9 Å². The van der Waals surface area contributed by atoms with Crippen LogP contribution >= 0.6 is 11.6 Å². The summed E-state index contributed by atoms with van der Waals surface area (Å²) in [6.45, 7) is 2.02. The average molecular weight is 330 g/mol. The first-order valence-electron chi connectivity index (χ1n) is 8.21. The quantitative estimate of drug-likeness (QED) is 0.671. The minimum atomic E-state index is 0.498. The maximum absolute atomic E-state index is 6.46. The smallest absolute Gasteiger partial charge is 0.155 e. The van der Waals surface area contributed by atoms with Gasteiger partial charge in [-0.1, -0.05) is 30.9 Å². The molecule has 120 valence electrons. The van der Waals surface area contributed by atoms with Crippen molar-refractivity contribution in [2.75, 3.05) is 7.11 Å². The zero-order chi connectivity index (χ0) is 16.0. The molecular weight excluding hydrogens is 310 g/mol. The highest BCUT2D eigenvalue weighted by Crippen LogP contribution is 2.36. The normalized spacial score (nSPS) is 16.3. The van der Waals surface area contributed by atoms with E-state index in [-0.39, 0.29) is 0 Å². The molecule has 0 atom stereocenters. The Kier molecular flexibility index (Phi) is 3.64. The van der Waals surface area contributed by atoms with Gasteiger partial charge in [-0.25, -0.2) is 9.97 Å². The summed E-state index contributed by atoms with van der Waals surface area (Å²) in [5, 5.41) is 0.523. The highest BCUT2D eigenvalue weighted by atomic mass is 35.5. The lowest BCUT2D eigenvalue weighted by atomic mass is 9.89. The number of benzene rings is 1. The molecule has 0 spiro atoms. The Balaban J connectivity index is 2.06. The molecule has 1 aromatic carbocycles. The predicted octanol–water partition coefficient (Wildman–Crippen LogP) is 4.90. The summed E-state index contributed by atoms with van der Waals surface area (Å²) in [4.78, 5) is 9.43. The number of hydrogen-bond donors (Lipinski definition) is 0. The number of hydrogen-bond acceptors (Lipinski definition) is 3. The monoisotopic (exact) mass is 329 g/mol. The lowest BCUT2D eigenvalue weighted by Crippen LogP contribution is -2.09. The van der Waals surface area contributed by atoms with E-state index in [1.807, 2.05) is 25.1 Å². The van der Waals surface area contributed by atoms with Gasteiger partial charge in [0.05, 0.1) is 23.8 Å². The van der Waals surface area contributed by atoms with Crippen LogP contribution in [0.1, 0.15) is 49.5 Å². The van der Waals surface area contributed by atoms with Gasteiger partial charge in [0.15, 0.2) is 5.15 Å². The van der Waals surface area contributed by atoms with Crippen LogP contribution < -0.4 is 4.74 Å². The number of aryl methyl sites for hydroxylation is 1. The van der Waals surface area contributed by atoms with Crippen molar-refractivity contribution >= 4 is 28.2 Å². The van der Waals surface area contributed by atoms with Crippen molar-refractivity contribution in [1.82, 2.24) is 14.4 Å². The Morgan fingerprint density at radius 1 is 1.17 bits per heavy atom. The van der Waals surface area contributed by atoms with Gasteiger partial charge in [0, 0.05) is 12.0 Å². The van der Waals surface area contributed by atoms with E-state index in [0.717, 1.165) is 33.8 Å². The summed E-state index contributed by atoms with van der Waals surface area (Å²) in [5.74, 6) is 2.45. The molecule has 4 nitrogen and oxygen atoms in total. The third-order valence-electron chi connectivity index (χ3n) is 4.89. The van der Waals surface area contributed by atoms with E-state index in [4.69, 9.17) is 21.3 Å². The van der Waals surface area contributed by atoms with Crippen LogP contribution in [0, 0.1) is 6.92 Å². The van der Waals surface area contributed by atoms with E-state index in [1.54, 1.807) is 7.11 Å². The van der Waals surface area contributed by atoms with Crippen LogP contribution in [0.15, 0.2) is 18.2 Å². The molecule has 2 aromatic heterocycles. The van der Waals surface area contributed by atoms with Crippen molar-refractivity contribution < 1.29 is 4.74 Å². The second-order valence-corrected chi connectivity index (χ2v) is 6.69. The second-order valence-electron chi connectivity index (χ2n) is 6.33. The average Bonchev–Trinajstić information content (AvgIpc) is 2.94. The summed E-state index contributed by atoms with van der Waals surface area (Å²) in [7, 11) is 1.68. The number of aromatic nitrogens is 3. The van der Waals surface area contributed by atoms with Crippen LogP contribution in [0.3, 0.4) is 0 Å². The van der Waals surface area contributed by atoms with Gasteiger partial charge in [-0.15, -0.1) is 0 Å². The SMILES string of the molecule is COc1ccc2nc(Cl)c3c(C)nc(C4CCCCC4)n3c2c1. The number of fused-ring (bicyclic) bond motifs is 3. The zero-order valence-electron chi connectivity index (χ0n) is 13.5. The zero-order valence-corrected chi connectivity index (χ0v) is 14.2. The van der Waals surface area contributed by atoms with Crippen LogP contribution in [0.2, 0.25) is 5.15 Å². The van der Waals surface area contributed by atoms with Crippen LogP contribution in [-0.4, -0.2) is 21.5 Å². The van der Waals surface area contributed by atoms with Crippen LogP contribution in [0.5, 0.6) is 5.75 Å². The number of rotatable bonds is 2. The molecule has 0 aliphatic heterocycles. The Morgan fingerprint density at radius 2 is 1.96 bits per heavy atom. The topological polar surface area (TPSA) is 39.4 Å². The van der Waals surface area contributed by atoms with E-state index >= 15 is 0 Å². The van der Waals surface area contributed by atoms with Crippen LogP contribution in [-0.2, 0) is 0 Å². The van der Waals surface area contributed by atoms with Crippen molar-refractivity contribution in [3.63, 3.8) is 0 Å². The summed E-state index contributed by atoms with van der Waals surface area (Å²) in [5.41, 5.74) is 3.77. The molecule has 5 heteroatoms. The summed E-state index contributed by atoms with van der Waals surface area (Å²) < 4.78 is 7.61. The Morgan fingerprint density at radius 3 is 2.70 bits per heavy atom. The van der Waals surface area contributed by atoms with Crippen molar-refractivity contribution in [3.05, 3.63) is 34.9 Å². The number of halogens is 1. The molecular formula is C18H20ClN3O. The molecule has 0 amide bonds. The molecule has 3 aromatic rings. The molecule has 1 fully saturated rings. The molecule has 1 saturated carbocycles. The Hall–Kier alpha value is -1.81. The first-order valence-corrected chi connectivity index (χ1v) is 8.59. The summed E-state index contributed by atoms with van der Waals surface area (Å²) in [6, 6.07) is 5.90. The van der Waals surface area contributed by atoms with Crippen molar-refractivity contribution in [3.8, 4) is 5.75 Å². The van der Waals surface area contributed by atoms with Gasteiger partial charge in [-0.3, -0.25) is 4.40 Å². The van der Waals surface area contributed by atoms with Crippen LogP contribution in [0.25, 0.3) is 16.6 Å². The molecule has 1 aliphatic carbocycles. The number of nitrogens with zero attached hydrogens (tertiary/aromatic N) is 3. The molecule has 23 heavy (non-hydrogen) atoms. The highest BCUT2D eigenvalue weighted by Gasteiger charge is 2.24. The minimum absolute atomic E-state index is 0.498. The van der Waals surface area contributed by atoms with Crippen molar-refractivity contribution in [2.24, 2.45) is 0 Å². The van der Waals surface area contributed by atoms with Gasteiger partial charge < -0.3 is 4.74 Å². The van der Waals surface area contributed by atoms with Gasteiger partial charge in [0.1, 0.15) is 17.1 Å². The molecule has 0 bridgehead atoms. The maximum Gasteiger partial charge on any atom is 0.155 e. The molecule has 4 rings (SSSR count). The summed E-state index contributed by atoms with van der Waals surface area (Å²) >= 11 is 6.46. The van der Waals surface area contributed by atoms with Gasteiger partial charge in [0.25, 0.3) is 0 Å². The largest absolute Gasteiger partial charge is 0.497 e. The predicted molar refractivity (Wildman–Crippen MR) is 92.6 cm³/mol. The lowest BCUT2D eigenvalue weighted by molar-refractivity contribution is 0.415. The highest BCUT2D eigenvalue weighted by molar-refractivity contribution is 6.33. The van der Waals surface area contributed by atoms with Gasteiger partial charge in [0.2, 0.25) is 0 Å². The first-order chi connectivity index (χ1) is 11.2. The molecule has 0 radical (unpaired) electrons. The fourth-order valence-corrected chi connectivity index (χ4v) is 4.05. The molecule has 0 unspecified atom stereocenters.